The molecule has 0 bridgehead atoms. The molecule has 0 atom stereocenters. The maximum atomic E-state index is 13.4. The van der Waals surface area contributed by atoms with E-state index in [-0.39, 0.29) is 24.2 Å². The molecule has 2 aliphatic rings. The van der Waals surface area contributed by atoms with Crippen LogP contribution in [-0.4, -0.2) is 43.4 Å². The van der Waals surface area contributed by atoms with Crippen LogP contribution in [0, 0.1) is 0 Å². The summed E-state index contributed by atoms with van der Waals surface area (Å²) in [5.74, 6) is 0.000436. The van der Waals surface area contributed by atoms with Gasteiger partial charge in [-0.2, -0.15) is 0 Å². The average Bonchev–Trinajstić information content (AvgIpc) is 2.91. The number of carbonyl (C=O) groups excluding carboxylic acids is 2. The van der Waals surface area contributed by atoms with Crippen molar-refractivity contribution < 1.29 is 9.59 Å². The lowest BCUT2D eigenvalue weighted by molar-refractivity contribution is -0.118. The van der Waals surface area contributed by atoms with Gasteiger partial charge in [0.1, 0.15) is 0 Å². The molecule has 36 heavy (non-hydrogen) atoms. The third-order valence-electron chi connectivity index (χ3n) is 7.29. The molecule has 1 saturated heterocycles. The van der Waals surface area contributed by atoms with Crippen molar-refractivity contribution in [2.75, 3.05) is 36.9 Å². The molecule has 0 saturated carbocycles. The van der Waals surface area contributed by atoms with Crippen LogP contribution in [-0.2, 0) is 17.6 Å². The van der Waals surface area contributed by atoms with Gasteiger partial charge in [-0.3, -0.25) is 9.59 Å². The first-order chi connectivity index (χ1) is 17.1. The SMILES string of the molecule is CN1C(=O)CCc2ccc(NC(=O)c3ccc(-c4ccccc4)cc3CCN3CCCCC3)cc21.Cl. The van der Waals surface area contributed by atoms with E-state index in [1.54, 1.807) is 11.9 Å². The average molecular weight is 504 g/mol. The highest BCUT2D eigenvalue weighted by Crippen LogP contribution is 2.30. The lowest BCUT2D eigenvalue weighted by Gasteiger charge is -2.27. The van der Waals surface area contributed by atoms with Crippen LogP contribution >= 0.6 is 12.4 Å². The number of likely N-dealkylation sites (tertiary alicyclic amines) is 1. The molecule has 0 radical (unpaired) electrons. The predicted molar refractivity (Wildman–Crippen MR) is 149 cm³/mol. The molecular weight excluding hydrogens is 470 g/mol. The number of rotatable bonds is 6. The van der Waals surface area contributed by atoms with Gasteiger partial charge in [0.25, 0.3) is 5.91 Å². The first kappa shape index (κ1) is 25.9. The molecule has 3 aromatic rings. The normalized spacial score (nSPS) is 15.7. The second-order valence-corrected chi connectivity index (χ2v) is 9.64. The number of carbonyl (C=O) groups is 2. The topological polar surface area (TPSA) is 52.7 Å². The molecule has 1 fully saturated rings. The molecule has 2 amide bonds. The number of hydrogen-bond donors (Lipinski definition) is 1. The molecule has 0 aromatic heterocycles. The lowest BCUT2D eigenvalue weighted by Crippen LogP contribution is -2.32. The molecule has 2 aliphatic heterocycles. The van der Waals surface area contributed by atoms with E-state index in [9.17, 15) is 9.59 Å². The maximum Gasteiger partial charge on any atom is 0.255 e. The summed E-state index contributed by atoms with van der Waals surface area (Å²) < 4.78 is 0. The Kier molecular flexibility index (Phi) is 8.44. The molecule has 0 unspecified atom stereocenters. The van der Waals surface area contributed by atoms with Gasteiger partial charge in [-0.1, -0.05) is 55.0 Å². The van der Waals surface area contributed by atoms with E-state index in [0.29, 0.717) is 17.7 Å². The molecular formula is C30H34ClN3O2. The Morgan fingerprint density at radius 2 is 1.67 bits per heavy atom. The second kappa shape index (κ2) is 11.7. The predicted octanol–water partition coefficient (Wildman–Crippen LogP) is 5.97. The minimum atomic E-state index is -0.108. The van der Waals surface area contributed by atoms with Gasteiger partial charge in [-0.05, 0) is 79.2 Å². The molecule has 5 rings (SSSR count). The Morgan fingerprint density at radius 1 is 0.889 bits per heavy atom. The van der Waals surface area contributed by atoms with Gasteiger partial charge < -0.3 is 15.1 Å². The van der Waals surface area contributed by atoms with Crippen LogP contribution in [0.2, 0.25) is 0 Å². The number of fused-ring (bicyclic) bond motifs is 1. The van der Waals surface area contributed by atoms with Crippen molar-refractivity contribution in [3.8, 4) is 11.1 Å². The third-order valence-corrected chi connectivity index (χ3v) is 7.29. The summed E-state index contributed by atoms with van der Waals surface area (Å²) in [6.45, 7) is 3.24. The van der Waals surface area contributed by atoms with Crippen molar-refractivity contribution in [3.05, 3.63) is 83.4 Å². The van der Waals surface area contributed by atoms with Crippen molar-refractivity contribution >= 4 is 35.6 Å². The summed E-state index contributed by atoms with van der Waals surface area (Å²) >= 11 is 0. The van der Waals surface area contributed by atoms with Crippen LogP contribution in [0.1, 0.15) is 47.2 Å². The summed E-state index contributed by atoms with van der Waals surface area (Å²) in [5, 5.41) is 3.09. The lowest BCUT2D eigenvalue weighted by atomic mass is 9.96. The van der Waals surface area contributed by atoms with Crippen molar-refractivity contribution in [1.82, 2.24) is 4.90 Å². The van der Waals surface area contributed by atoms with E-state index in [1.165, 1.54) is 19.3 Å². The summed E-state index contributed by atoms with van der Waals surface area (Å²) in [6, 6.07) is 22.3. The Labute approximate surface area is 219 Å². The number of piperidine rings is 1. The quantitative estimate of drug-likeness (QED) is 0.451. The maximum absolute atomic E-state index is 13.4. The van der Waals surface area contributed by atoms with Crippen molar-refractivity contribution in [2.24, 2.45) is 0 Å². The largest absolute Gasteiger partial charge is 0.322 e. The van der Waals surface area contributed by atoms with Crippen LogP contribution in [0.3, 0.4) is 0 Å². The minimum absolute atomic E-state index is 0. The molecule has 188 valence electrons. The minimum Gasteiger partial charge on any atom is -0.322 e. The van der Waals surface area contributed by atoms with Crippen LogP contribution < -0.4 is 10.2 Å². The van der Waals surface area contributed by atoms with Crippen molar-refractivity contribution in [3.63, 3.8) is 0 Å². The number of anilines is 2. The molecule has 5 nitrogen and oxygen atoms in total. The highest BCUT2D eigenvalue weighted by atomic mass is 35.5. The van der Waals surface area contributed by atoms with Gasteiger partial charge in [0, 0.05) is 37.0 Å². The first-order valence-electron chi connectivity index (χ1n) is 12.7. The first-order valence-corrected chi connectivity index (χ1v) is 12.7. The highest BCUT2D eigenvalue weighted by molar-refractivity contribution is 6.06. The summed E-state index contributed by atoms with van der Waals surface area (Å²) in [6.07, 6.45) is 5.94. The van der Waals surface area contributed by atoms with Crippen LogP contribution in [0.5, 0.6) is 0 Å². The number of nitrogens with zero attached hydrogens (tertiary/aromatic N) is 2. The zero-order chi connectivity index (χ0) is 24.2. The second-order valence-electron chi connectivity index (χ2n) is 9.64. The van der Waals surface area contributed by atoms with Crippen LogP contribution in [0.15, 0.2) is 66.7 Å². The van der Waals surface area contributed by atoms with Crippen molar-refractivity contribution in [1.29, 1.82) is 0 Å². The fourth-order valence-corrected chi connectivity index (χ4v) is 5.20. The standard InChI is InChI=1S/C30H33N3O2.ClH/c1-32-28-21-26(13-10-23(28)12-15-29(32)34)31-30(35)27-14-11-24(22-8-4-2-5-9-22)20-25(27)16-19-33-17-6-3-7-18-33;/h2,4-5,8-11,13-14,20-21H,3,6-7,12,15-19H2,1H3,(H,31,35);1H. The Hall–Kier alpha value is -3.15. The smallest absolute Gasteiger partial charge is 0.255 e. The van der Waals surface area contributed by atoms with Gasteiger partial charge in [-0.25, -0.2) is 0 Å². The highest BCUT2D eigenvalue weighted by Gasteiger charge is 2.22. The summed E-state index contributed by atoms with van der Waals surface area (Å²) in [4.78, 5) is 29.8. The van der Waals surface area contributed by atoms with E-state index in [1.807, 2.05) is 48.5 Å². The van der Waals surface area contributed by atoms with Gasteiger partial charge in [-0.15, -0.1) is 12.4 Å². The fourth-order valence-electron chi connectivity index (χ4n) is 5.20. The fraction of sp³-hybridized carbons (Fsp3) is 0.333. The molecule has 3 aromatic carbocycles. The van der Waals surface area contributed by atoms with E-state index >= 15 is 0 Å². The number of benzene rings is 3. The zero-order valence-corrected chi connectivity index (χ0v) is 21.7. The Balaban J connectivity index is 0.00000304. The molecule has 0 aliphatic carbocycles. The summed E-state index contributed by atoms with van der Waals surface area (Å²) in [5.41, 5.74) is 6.79. The number of nitrogens with one attached hydrogen (secondary N) is 1. The van der Waals surface area contributed by atoms with Gasteiger partial charge in [0.05, 0.1) is 0 Å². The van der Waals surface area contributed by atoms with E-state index in [4.69, 9.17) is 0 Å². The van der Waals surface area contributed by atoms with E-state index in [2.05, 4.69) is 28.4 Å². The van der Waals surface area contributed by atoms with E-state index in [0.717, 1.165) is 60.4 Å². The van der Waals surface area contributed by atoms with Crippen molar-refractivity contribution in [2.45, 2.75) is 38.5 Å². The molecule has 6 heteroatoms. The van der Waals surface area contributed by atoms with Gasteiger partial charge in [0.15, 0.2) is 0 Å². The zero-order valence-electron chi connectivity index (χ0n) is 20.8. The number of aryl methyl sites for hydroxylation is 1. The molecule has 2 heterocycles. The monoisotopic (exact) mass is 503 g/mol. The number of hydrogen-bond acceptors (Lipinski definition) is 3. The Bertz CT molecular complexity index is 1220. The van der Waals surface area contributed by atoms with Crippen LogP contribution in [0.4, 0.5) is 11.4 Å². The van der Waals surface area contributed by atoms with Gasteiger partial charge in [0.2, 0.25) is 5.91 Å². The molecule has 0 spiro atoms. The van der Waals surface area contributed by atoms with E-state index < -0.39 is 0 Å². The third kappa shape index (κ3) is 5.80. The van der Waals surface area contributed by atoms with Gasteiger partial charge >= 0.3 is 0 Å². The number of amides is 2. The van der Waals surface area contributed by atoms with Crippen LogP contribution in [0.25, 0.3) is 11.1 Å². The summed E-state index contributed by atoms with van der Waals surface area (Å²) in [7, 11) is 1.80. The Morgan fingerprint density at radius 3 is 2.44 bits per heavy atom. The number of halogens is 1. The molecule has 1 N–H and O–H groups in total.